The maximum atomic E-state index is 12.9. The molecule has 4 fully saturated rings. The number of nitrogens with one attached hydrogen (secondary N) is 1. The molecular formula is C27H27ClN2O6. The Morgan fingerprint density at radius 3 is 2.56 bits per heavy atom. The highest BCUT2D eigenvalue weighted by atomic mass is 35.5. The number of benzene rings is 2. The number of rotatable bonds is 6. The zero-order valence-electron chi connectivity index (χ0n) is 20.1. The van der Waals surface area contributed by atoms with E-state index in [4.69, 9.17) is 25.8 Å². The molecular weight excluding hydrogens is 484 g/mol. The molecule has 0 spiro atoms. The van der Waals surface area contributed by atoms with Gasteiger partial charge in [0, 0.05) is 10.6 Å². The van der Waals surface area contributed by atoms with Crippen molar-refractivity contribution in [3.8, 4) is 11.5 Å². The zero-order valence-corrected chi connectivity index (χ0v) is 20.9. The molecule has 7 rings (SSSR count). The van der Waals surface area contributed by atoms with Crippen LogP contribution in [-0.2, 0) is 9.53 Å². The van der Waals surface area contributed by atoms with Gasteiger partial charge in [-0.2, -0.15) is 0 Å². The number of aryl methyl sites for hydroxylation is 2. The van der Waals surface area contributed by atoms with Crippen molar-refractivity contribution in [2.24, 2.45) is 0 Å². The van der Waals surface area contributed by atoms with Crippen molar-refractivity contribution in [3.05, 3.63) is 58.1 Å². The first-order chi connectivity index (χ1) is 17.1. The summed E-state index contributed by atoms with van der Waals surface area (Å²) in [6, 6.07) is 10.8. The summed E-state index contributed by atoms with van der Waals surface area (Å²) in [6.45, 7) is 4.79. The first-order valence-electron chi connectivity index (χ1n) is 12.1. The fourth-order valence-corrected chi connectivity index (χ4v) is 6.31. The van der Waals surface area contributed by atoms with Gasteiger partial charge in [-0.1, -0.05) is 17.7 Å². The second-order valence-corrected chi connectivity index (χ2v) is 11.1. The molecule has 9 heteroatoms. The molecule has 1 N–H and O–H groups in total. The number of amides is 2. The summed E-state index contributed by atoms with van der Waals surface area (Å²) in [4.78, 5) is 39.8. The number of hydrogen-bond donors (Lipinski definition) is 1. The van der Waals surface area contributed by atoms with E-state index >= 15 is 0 Å². The van der Waals surface area contributed by atoms with Gasteiger partial charge in [0.25, 0.3) is 5.91 Å². The van der Waals surface area contributed by atoms with Gasteiger partial charge in [0.05, 0.1) is 24.1 Å². The van der Waals surface area contributed by atoms with Crippen LogP contribution in [0.5, 0.6) is 11.5 Å². The van der Waals surface area contributed by atoms with Crippen molar-refractivity contribution in [1.82, 2.24) is 10.2 Å². The Kier molecular flexibility index (Phi) is 5.23. The molecule has 2 aromatic rings. The van der Waals surface area contributed by atoms with Gasteiger partial charge in [-0.3, -0.25) is 14.5 Å². The Morgan fingerprint density at radius 1 is 1.11 bits per heavy atom. The Morgan fingerprint density at radius 2 is 1.83 bits per heavy atom. The molecule has 1 unspecified atom stereocenters. The van der Waals surface area contributed by atoms with Gasteiger partial charge >= 0.3 is 6.09 Å². The number of fused-ring (bicyclic) bond motifs is 1. The molecule has 2 atom stereocenters. The third kappa shape index (κ3) is 3.88. The minimum absolute atomic E-state index is 0.0268. The maximum Gasteiger partial charge on any atom is 0.410 e. The summed E-state index contributed by atoms with van der Waals surface area (Å²) >= 11 is 5.97. The Hall–Kier alpha value is -3.26. The van der Waals surface area contributed by atoms with Crippen LogP contribution in [0, 0.1) is 13.8 Å². The van der Waals surface area contributed by atoms with E-state index in [2.05, 4.69) is 11.4 Å². The van der Waals surface area contributed by atoms with E-state index in [0.29, 0.717) is 48.7 Å². The van der Waals surface area contributed by atoms with E-state index < -0.39 is 6.10 Å². The lowest BCUT2D eigenvalue weighted by Crippen LogP contribution is -2.84. The number of hydrogen-bond acceptors (Lipinski definition) is 6. The van der Waals surface area contributed by atoms with E-state index in [0.717, 1.165) is 16.9 Å². The second kappa shape index (κ2) is 8.13. The SMILES string of the molecule is Cc1cc(C)cc(OCC2CN(C34CC(NC(=O)[C@H]5CC(=O)c6cc(Cl)ccc6O5)(C3)C4)C(=O)O2)c1. The van der Waals surface area contributed by atoms with E-state index in [1.54, 1.807) is 23.1 Å². The van der Waals surface area contributed by atoms with Crippen molar-refractivity contribution >= 4 is 29.4 Å². The average molecular weight is 511 g/mol. The number of ketones is 1. The van der Waals surface area contributed by atoms with E-state index in [-0.39, 0.29) is 41.4 Å². The predicted molar refractivity (Wildman–Crippen MR) is 131 cm³/mol. The Bertz CT molecular complexity index is 1250. The van der Waals surface area contributed by atoms with E-state index in [9.17, 15) is 14.4 Å². The zero-order chi connectivity index (χ0) is 25.2. The van der Waals surface area contributed by atoms with Crippen molar-refractivity contribution < 1.29 is 28.6 Å². The number of ether oxygens (including phenoxy) is 3. The number of carbonyl (C=O) groups excluding carboxylic acids is 3. The van der Waals surface area contributed by atoms with Crippen LogP contribution >= 0.6 is 11.6 Å². The maximum absolute atomic E-state index is 12.9. The summed E-state index contributed by atoms with van der Waals surface area (Å²) in [5.74, 6) is 0.671. The summed E-state index contributed by atoms with van der Waals surface area (Å²) in [5, 5.41) is 3.53. The molecule has 1 saturated heterocycles. The van der Waals surface area contributed by atoms with Crippen molar-refractivity contribution in [2.45, 2.75) is 62.8 Å². The first-order valence-corrected chi connectivity index (χ1v) is 12.5. The Labute approximate surface area is 213 Å². The quantitative estimate of drug-likeness (QED) is 0.631. The molecule has 2 aliphatic heterocycles. The van der Waals surface area contributed by atoms with Gasteiger partial charge in [-0.25, -0.2) is 4.79 Å². The van der Waals surface area contributed by atoms with Gasteiger partial charge in [-0.05, 0) is 74.6 Å². The van der Waals surface area contributed by atoms with Gasteiger partial charge in [0.15, 0.2) is 18.0 Å². The number of cyclic esters (lactones) is 1. The van der Waals surface area contributed by atoms with Crippen LogP contribution in [-0.4, -0.2) is 59.1 Å². The van der Waals surface area contributed by atoms with Crippen LogP contribution in [0.25, 0.3) is 0 Å². The van der Waals surface area contributed by atoms with Crippen molar-refractivity contribution in [1.29, 1.82) is 0 Å². The van der Waals surface area contributed by atoms with Crippen molar-refractivity contribution in [3.63, 3.8) is 0 Å². The van der Waals surface area contributed by atoms with Gasteiger partial charge in [0.1, 0.15) is 18.1 Å². The van der Waals surface area contributed by atoms with Gasteiger partial charge < -0.3 is 19.5 Å². The van der Waals surface area contributed by atoms with Crippen LogP contribution in [0.3, 0.4) is 0 Å². The highest BCUT2D eigenvalue weighted by Gasteiger charge is 2.73. The van der Waals surface area contributed by atoms with Gasteiger partial charge in [0.2, 0.25) is 0 Å². The molecule has 2 heterocycles. The topological polar surface area (TPSA) is 94.2 Å². The van der Waals surface area contributed by atoms with Crippen LogP contribution in [0.1, 0.15) is 47.2 Å². The third-order valence-electron chi connectivity index (χ3n) is 7.64. The summed E-state index contributed by atoms with van der Waals surface area (Å²) < 4.78 is 17.3. The van der Waals surface area contributed by atoms with E-state index in [1.165, 1.54) is 0 Å². The fourth-order valence-electron chi connectivity index (χ4n) is 6.14. The molecule has 0 aromatic heterocycles. The lowest BCUT2D eigenvalue weighted by atomic mass is 9.43. The largest absolute Gasteiger partial charge is 0.490 e. The predicted octanol–water partition coefficient (Wildman–Crippen LogP) is 3.98. The molecule has 2 bridgehead atoms. The molecule has 2 aromatic carbocycles. The normalized spacial score (nSPS) is 29.9. The summed E-state index contributed by atoms with van der Waals surface area (Å²) in [5.41, 5.74) is 1.99. The highest BCUT2D eigenvalue weighted by molar-refractivity contribution is 6.31. The van der Waals surface area contributed by atoms with Crippen molar-refractivity contribution in [2.75, 3.05) is 13.2 Å². The monoisotopic (exact) mass is 510 g/mol. The minimum Gasteiger partial charge on any atom is -0.490 e. The van der Waals surface area contributed by atoms with Crippen LogP contribution in [0.2, 0.25) is 5.02 Å². The van der Waals surface area contributed by atoms with E-state index in [1.807, 2.05) is 26.0 Å². The number of carbonyl (C=O) groups is 3. The number of nitrogens with zero attached hydrogens (tertiary/aromatic N) is 1. The molecule has 3 saturated carbocycles. The molecule has 3 aliphatic carbocycles. The van der Waals surface area contributed by atoms with Crippen LogP contribution in [0.4, 0.5) is 4.79 Å². The molecule has 5 aliphatic rings. The number of halogens is 1. The molecule has 0 radical (unpaired) electrons. The van der Waals surface area contributed by atoms with Crippen LogP contribution < -0.4 is 14.8 Å². The summed E-state index contributed by atoms with van der Waals surface area (Å²) in [6.07, 6.45) is 0.420. The minimum atomic E-state index is -0.875. The first kappa shape index (κ1) is 23.2. The molecule has 36 heavy (non-hydrogen) atoms. The second-order valence-electron chi connectivity index (χ2n) is 10.6. The standard InChI is InChI=1S/C27H27ClN2O6/c1-15-5-16(2)7-18(6-15)34-11-19-10-30(25(33)35-19)27-12-26(13-27,14-27)29-24(32)23-9-21(31)20-8-17(28)3-4-22(20)36-23/h3-8,19,23H,9-14H2,1-2H3,(H,29,32)/t19?,23-,26?,27?/m1/s1. The average Bonchev–Trinajstić information content (AvgIpc) is 3.13. The number of Topliss-reactive ketones (excluding diaryl/α,β-unsaturated/α-hetero) is 1. The smallest absolute Gasteiger partial charge is 0.410 e. The van der Waals surface area contributed by atoms with Crippen LogP contribution in [0.15, 0.2) is 36.4 Å². The fraction of sp³-hybridized carbons (Fsp3) is 0.444. The highest BCUT2D eigenvalue weighted by Crippen LogP contribution is 2.64. The summed E-state index contributed by atoms with van der Waals surface area (Å²) in [7, 11) is 0. The Balaban J connectivity index is 1.02. The molecule has 188 valence electrons. The lowest BCUT2D eigenvalue weighted by Gasteiger charge is -2.72. The van der Waals surface area contributed by atoms with Gasteiger partial charge in [-0.15, -0.1) is 0 Å². The lowest BCUT2D eigenvalue weighted by molar-refractivity contribution is -0.169. The molecule has 2 amide bonds. The third-order valence-corrected chi connectivity index (χ3v) is 7.88. The molecule has 8 nitrogen and oxygen atoms in total.